The Morgan fingerprint density at radius 3 is 2.42 bits per heavy atom. The fraction of sp³-hybridized carbons (Fsp3) is 0.382. The second-order valence-corrected chi connectivity index (χ2v) is 10.4. The molecule has 9 nitrogen and oxygen atoms in total. The molecule has 0 aliphatic carbocycles. The zero-order chi connectivity index (χ0) is 30.0. The van der Waals surface area contributed by atoms with Gasteiger partial charge in [-0.25, -0.2) is 0 Å². The molecule has 0 saturated carbocycles. The molecule has 1 aromatic heterocycles. The topological polar surface area (TPSA) is 89.4 Å². The van der Waals surface area contributed by atoms with E-state index in [0.717, 1.165) is 52.1 Å². The molecule has 2 atom stereocenters. The van der Waals surface area contributed by atoms with Crippen LogP contribution in [0.15, 0.2) is 77.7 Å². The summed E-state index contributed by atoms with van der Waals surface area (Å²) < 4.78 is 36.6. The van der Waals surface area contributed by atoms with Gasteiger partial charge in [0, 0.05) is 47.1 Å². The molecule has 1 saturated heterocycles. The van der Waals surface area contributed by atoms with Crippen molar-refractivity contribution in [1.29, 1.82) is 0 Å². The number of piperidine rings is 1. The maximum Gasteiger partial charge on any atom is 0.254 e. The first-order valence-corrected chi connectivity index (χ1v) is 14.6. The van der Waals surface area contributed by atoms with Gasteiger partial charge in [0.25, 0.3) is 5.56 Å². The van der Waals surface area contributed by atoms with Crippen LogP contribution in [0.4, 0.5) is 0 Å². The molecule has 2 heterocycles. The van der Waals surface area contributed by atoms with E-state index in [0.29, 0.717) is 45.1 Å². The number of aromatic nitrogens is 1. The van der Waals surface area contributed by atoms with Crippen molar-refractivity contribution in [2.75, 3.05) is 47.6 Å². The van der Waals surface area contributed by atoms with Crippen molar-refractivity contribution < 1.29 is 28.4 Å². The Kier molecular flexibility index (Phi) is 10.5. The van der Waals surface area contributed by atoms with Gasteiger partial charge in [0.05, 0.1) is 59.9 Å². The number of nitrogens with one attached hydrogen (secondary N) is 1. The van der Waals surface area contributed by atoms with Gasteiger partial charge in [0.2, 0.25) is 0 Å². The first-order chi connectivity index (χ1) is 21.1. The van der Waals surface area contributed by atoms with E-state index in [-0.39, 0.29) is 17.7 Å². The number of nitrogens with zero attached hydrogens (tertiary/aromatic N) is 1. The lowest BCUT2D eigenvalue weighted by Crippen LogP contribution is -2.45. The second kappa shape index (κ2) is 14.9. The number of hydrogen-bond donors (Lipinski definition) is 1. The summed E-state index contributed by atoms with van der Waals surface area (Å²) >= 11 is 0. The average molecular weight is 589 g/mol. The summed E-state index contributed by atoms with van der Waals surface area (Å²) in [6, 6.07) is 21.0. The number of hydrogen-bond acceptors (Lipinski definition) is 8. The summed E-state index contributed by atoms with van der Waals surface area (Å²) in [5, 5.41) is 5.36. The van der Waals surface area contributed by atoms with E-state index in [1.165, 1.54) is 0 Å². The summed E-state index contributed by atoms with van der Waals surface area (Å²) in [7, 11) is 4.98. The lowest BCUT2D eigenvalue weighted by molar-refractivity contribution is -0.00916. The second-order valence-electron chi connectivity index (χ2n) is 10.4. The molecule has 4 aromatic rings. The van der Waals surface area contributed by atoms with Gasteiger partial charge in [-0.05, 0) is 31.2 Å². The standard InChI is InChI=1S/C34H40N2O7/c1-38-30-12-7-4-9-24(30)22-41-17-8-18-42-26-14-16-36(33(37)20-26)29-13-15-35-21-32(29)43-23-25-19-31(39-2)27-10-5-6-11-28(27)34(25)40-3/h4-7,9-12,14,16,19-20,29,32,35H,8,13,15,17-18,21-23H2,1-3H3/t29-,32-/m0/s1. The quantitative estimate of drug-likeness (QED) is 0.203. The third kappa shape index (κ3) is 7.30. The Morgan fingerprint density at radius 1 is 0.837 bits per heavy atom. The van der Waals surface area contributed by atoms with Gasteiger partial charge in [-0.2, -0.15) is 0 Å². The summed E-state index contributed by atoms with van der Waals surface area (Å²) in [6.07, 6.45) is 3.07. The zero-order valence-corrected chi connectivity index (χ0v) is 25.0. The summed E-state index contributed by atoms with van der Waals surface area (Å²) in [5.41, 5.74) is 1.78. The average Bonchev–Trinajstić information content (AvgIpc) is 3.05. The molecule has 0 unspecified atom stereocenters. The number of pyridine rings is 1. The molecule has 228 valence electrons. The first kappa shape index (κ1) is 30.4. The van der Waals surface area contributed by atoms with Crippen LogP contribution < -0.4 is 29.8 Å². The summed E-state index contributed by atoms with van der Waals surface area (Å²) in [6.45, 7) is 3.22. The Bertz CT molecular complexity index is 1550. The molecule has 1 aliphatic heterocycles. The monoisotopic (exact) mass is 588 g/mol. The normalized spacial score (nSPS) is 16.6. The van der Waals surface area contributed by atoms with Crippen LogP contribution in [0.3, 0.4) is 0 Å². The van der Waals surface area contributed by atoms with Gasteiger partial charge in [-0.1, -0.05) is 42.5 Å². The highest BCUT2D eigenvalue weighted by molar-refractivity contribution is 5.94. The third-order valence-corrected chi connectivity index (χ3v) is 7.73. The van der Waals surface area contributed by atoms with Crippen LogP contribution >= 0.6 is 0 Å². The molecule has 9 heteroatoms. The first-order valence-electron chi connectivity index (χ1n) is 14.6. The van der Waals surface area contributed by atoms with Crippen molar-refractivity contribution >= 4 is 10.8 Å². The number of para-hydroxylation sites is 1. The molecule has 1 aliphatic rings. The van der Waals surface area contributed by atoms with Crippen LogP contribution in [0.2, 0.25) is 0 Å². The fourth-order valence-electron chi connectivity index (χ4n) is 5.58. The Morgan fingerprint density at radius 2 is 1.63 bits per heavy atom. The van der Waals surface area contributed by atoms with E-state index in [2.05, 4.69) is 5.32 Å². The summed E-state index contributed by atoms with van der Waals surface area (Å²) in [5.74, 6) is 2.89. The molecule has 0 spiro atoms. The molecular formula is C34H40N2O7. The van der Waals surface area contributed by atoms with Crippen molar-refractivity contribution in [1.82, 2.24) is 9.88 Å². The number of methoxy groups -OCH3 is 3. The van der Waals surface area contributed by atoms with Crippen molar-refractivity contribution in [2.45, 2.75) is 38.2 Å². The molecule has 3 aromatic carbocycles. The molecule has 1 N–H and O–H groups in total. The summed E-state index contributed by atoms with van der Waals surface area (Å²) in [4.78, 5) is 13.2. The minimum Gasteiger partial charge on any atom is -0.496 e. The van der Waals surface area contributed by atoms with Gasteiger partial charge >= 0.3 is 0 Å². The van der Waals surface area contributed by atoms with Gasteiger partial charge in [-0.3, -0.25) is 4.79 Å². The van der Waals surface area contributed by atoms with Crippen LogP contribution in [0.1, 0.15) is 30.0 Å². The minimum atomic E-state index is -0.208. The van der Waals surface area contributed by atoms with Crippen LogP contribution in [0.25, 0.3) is 10.8 Å². The van der Waals surface area contributed by atoms with Gasteiger partial charge < -0.3 is 38.3 Å². The molecule has 1 fully saturated rings. The van der Waals surface area contributed by atoms with Gasteiger partial charge in [-0.15, -0.1) is 0 Å². The maximum absolute atomic E-state index is 13.2. The molecule has 5 rings (SSSR count). The van der Waals surface area contributed by atoms with Crippen LogP contribution in [-0.4, -0.2) is 58.3 Å². The van der Waals surface area contributed by atoms with Crippen molar-refractivity contribution in [3.05, 3.63) is 94.4 Å². The highest BCUT2D eigenvalue weighted by Gasteiger charge is 2.28. The Balaban J connectivity index is 1.18. The van der Waals surface area contributed by atoms with Crippen molar-refractivity contribution in [2.24, 2.45) is 0 Å². The van der Waals surface area contributed by atoms with Crippen molar-refractivity contribution in [3.8, 4) is 23.0 Å². The molecule has 0 amide bonds. The molecule has 0 radical (unpaired) electrons. The van der Waals surface area contributed by atoms with Crippen LogP contribution in [0.5, 0.6) is 23.0 Å². The minimum absolute atomic E-state index is 0.112. The van der Waals surface area contributed by atoms with Gasteiger partial charge in [0.1, 0.15) is 23.0 Å². The zero-order valence-electron chi connectivity index (χ0n) is 25.0. The third-order valence-electron chi connectivity index (χ3n) is 7.73. The number of ether oxygens (including phenoxy) is 6. The largest absolute Gasteiger partial charge is 0.496 e. The van der Waals surface area contributed by atoms with E-state index >= 15 is 0 Å². The number of fused-ring (bicyclic) bond motifs is 1. The van der Waals surface area contributed by atoms with Gasteiger partial charge in [0.15, 0.2) is 0 Å². The lowest BCUT2D eigenvalue weighted by Gasteiger charge is -2.33. The predicted molar refractivity (Wildman–Crippen MR) is 166 cm³/mol. The van der Waals surface area contributed by atoms with E-state index in [1.807, 2.05) is 66.9 Å². The highest BCUT2D eigenvalue weighted by atomic mass is 16.5. The maximum atomic E-state index is 13.2. The smallest absolute Gasteiger partial charge is 0.254 e. The number of benzene rings is 3. The van der Waals surface area contributed by atoms with Crippen LogP contribution in [0, 0.1) is 0 Å². The van der Waals surface area contributed by atoms with E-state index in [4.69, 9.17) is 28.4 Å². The SMILES string of the molecule is COc1ccccc1COCCCOc1ccn([C@H]2CCNC[C@@H]2OCc2cc(OC)c3ccccc3c2OC)c(=O)c1. The van der Waals surface area contributed by atoms with E-state index in [9.17, 15) is 4.79 Å². The molecule has 43 heavy (non-hydrogen) atoms. The predicted octanol–water partition coefficient (Wildman–Crippen LogP) is 5.13. The van der Waals surface area contributed by atoms with E-state index in [1.54, 1.807) is 32.0 Å². The Labute approximate surface area is 252 Å². The fourth-order valence-corrected chi connectivity index (χ4v) is 5.58. The van der Waals surface area contributed by atoms with Crippen molar-refractivity contribution in [3.63, 3.8) is 0 Å². The molecule has 0 bridgehead atoms. The number of rotatable bonds is 14. The molecular weight excluding hydrogens is 548 g/mol. The highest BCUT2D eigenvalue weighted by Crippen LogP contribution is 2.37. The van der Waals surface area contributed by atoms with E-state index < -0.39 is 0 Å². The Hall–Kier alpha value is -4.05. The lowest BCUT2D eigenvalue weighted by atomic mass is 10.0. The van der Waals surface area contributed by atoms with Crippen LogP contribution in [-0.2, 0) is 22.7 Å².